The van der Waals surface area contributed by atoms with Gasteiger partial charge in [-0.3, -0.25) is 0 Å². The molecule has 0 aliphatic carbocycles. The van der Waals surface area contributed by atoms with Crippen LogP contribution in [0.5, 0.6) is 0 Å². The minimum atomic E-state index is -3.61. The topological polar surface area (TPSA) is 64.0 Å². The number of benzene rings is 3. The van der Waals surface area contributed by atoms with Crippen molar-refractivity contribution in [2.45, 2.75) is 39.1 Å². The van der Waals surface area contributed by atoms with Crippen LogP contribution in [0.1, 0.15) is 22.3 Å². The van der Waals surface area contributed by atoms with Crippen LogP contribution in [0.3, 0.4) is 0 Å². The summed E-state index contributed by atoms with van der Waals surface area (Å²) in [7, 11) is -3.61. The second-order valence-corrected chi connectivity index (χ2v) is 9.77. The van der Waals surface area contributed by atoms with Gasteiger partial charge in [0.15, 0.2) is 0 Å². The van der Waals surface area contributed by atoms with E-state index in [9.17, 15) is 8.42 Å². The Morgan fingerprint density at radius 3 is 2.19 bits per heavy atom. The fraction of sp³-hybridized carbons (Fsp3) is 0.240. The molecule has 4 aromatic rings. The number of aromatic nitrogens is 2. The van der Waals surface area contributed by atoms with Crippen LogP contribution < -0.4 is 4.72 Å². The van der Waals surface area contributed by atoms with E-state index in [2.05, 4.69) is 40.5 Å². The van der Waals surface area contributed by atoms with Crippen molar-refractivity contribution < 1.29 is 8.42 Å². The molecule has 1 N–H and O–H groups in total. The summed E-state index contributed by atoms with van der Waals surface area (Å²) < 4.78 is 30.9. The number of hydrogen-bond acceptors (Lipinski definition) is 3. The van der Waals surface area contributed by atoms with Crippen molar-refractivity contribution in [1.29, 1.82) is 0 Å². The summed E-state index contributed by atoms with van der Waals surface area (Å²) in [5, 5.41) is 0. The lowest BCUT2D eigenvalue weighted by atomic mass is 10.1. The first kappa shape index (κ1) is 21.3. The summed E-state index contributed by atoms with van der Waals surface area (Å²) in [5.41, 5.74) is 6.66. The van der Waals surface area contributed by atoms with E-state index >= 15 is 0 Å². The quantitative estimate of drug-likeness (QED) is 0.470. The zero-order chi connectivity index (χ0) is 22.2. The SMILES string of the molecule is Cc1ccc(-c2nc3ccccc3n2CCNS(=O)(=O)c2c(C)cc(C)cc2C)cc1. The van der Waals surface area contributed by atoms with Crippen molar-refractivity contribution in [2.75, 3.05) is 6.54 Å². The molecule has 6 heteroatoms. The Hall–Kier alpha value is -2.96. The summed E-state index contributed by atoms with van der Waals surface area (Å²) >= 11 is 0. The number of fused-ring (bicyclic) bond motifs is 1. The third-order valence-electron chi connectivity index (χ3n) is 5.47. The number of nitrogens with one attached hydrogen (secondary N) is 1. The van der Waals surface area contributed by atoms with Crippen LogP contribution in [0.4, 0.5) is 0 Å². The maximum absolute atomic E-state index is 13.0. The molecular formula is C25H27N3O2S. The van der Waals surface area contributed by atoms with Gasteiger partial charge < -0.3 is 4.57 Å². The third-order valence-corrected chi connectivity index (χ3v) is 7.23. The molecule has 5 nitrogen and oxygen atoms in total. The third kappa shape index (κ3) is 4.27. The molecule has 0 saturated carbocycles. The molecule has 1 heterocycles. The lowest BCUT2D eigenvalue weighted by Gasteiger charge is -2.14. The molecule has 0 aliphatic rings. The van der Waals surface area contributed by atoms with Gasteiger partial charge in [0.25, 0.3) is 0 Å². The molecular weight excluding hydrogens is 406 g/mol. The Bertz CT molecular complexity index is 1330. The fourth-order valence-corrected chi connectivity index (χ4v) is 5.65. The van der Waals surface area contributed by atoms with Gasteiger partial charge in [0, 0.05) is 18.7 Å². The van der Waals surface area contributed by atoms with Crippen LogP contribution in [-0.2, 0) is 16.6 Å². The highest BCUT2D eigenvalue weighted by molar-refractivity contribution is 7.89. The van der Waals surface area contributed by atoms with Crippen molar-refractivity contribution in [3.63, 3.8) is 0 Å². The lowest BCUT2D eigenvalue weighted by Crippen LogP contribution is -2.28. The van der Waals surface area contributed by atoms with E-state index in [-0.39, 0.29) is 6.54 Å². The molecule has 0 radical (unpaired) electrons. The average molecular weight is 434 g/mol. The van der Waals surface area contributed by atoms with Gasteiger partial charge in [-0.1, -0.05) is 59.7 Å². The lowest BCUT2D eigenvalue weighted by molar-refractivity contribution is 0.573. The van der Waals surface area contributed by atoms with Gasteiger partial charge >= 0.3 is 0 Å². The molecule has 0 amide bonds. The summed E-state index contributed by atoms with van der Waals surface area (Å²) in [6.07, 6.45) is 0. The Morgan fingerprint density at radius 1 is 0.871 bits per heavy atom. The number of para-hydroxylation sites is 2. The zero-order valence-electron chi connectivity index (χ0n) is 18.3. The van der Waals surface area contributed by atoms with Crippen LogP contribution in [0.25, 0.3) is 22.4 Å². The van der Waals surface area contributed by atoms with Crippen molar-refractivity contribution in [3.8, 4) is 11.4 Å². The summed E-state index contributed by atoms with van der Waals surface area (Å²) in [5.74, 6) is 0.836. The molecule has 0 spiro atoms. The maximum atomic E-state index is 13.0. The van der Waals surface area contributed by atoms with E-state index in [1.807, 2.05) is 57.2 Å². The first-order valence-electron chi connectivity index (χ1n) is 10.4. The molecule has 0 atom stereocenters. The minimum absolute atomic E-state index is 0.272. The van der Waals surface area contributed by atoms with Crippen LogP contribution in [0.2, 0.25) is 0 Å². The summed E-state index contributed by atoms with van der Waals surface area (Å²) in [4.78, 5) is 5.18. The first-order valence-corrected chi connectivity index (χ1v) is 11.8. The highest BCUT2D eigenvalue weighted by atomic mass is 32.2. The van der Waals surface area contributed by atoms with Crippen LogP contribution in [0, 0.1) is 27.7 Å². The van der Waals surface area contributed by atoms with Gasteiger partial charge in [-0.25, -0.2) is 18.1 Å². The van der Waals surface area contributed by atoms with Crippen molar-refractivity contribution in [1.82, 2.24) is 14.3 Å². The van der Waals surface area contributed by atoms with E-state index in [0.717, 1.165) is 39.1 Å². The number of hydrogen-bond donors (Lipinski definition) is 1. The molecule has 4 rings (SSSR count). The normalized spacial score (nSPS) is 11.9. The van der Waals surface area contributed by atoms with Gasteiger partial charge in [0.2, 0.25) is 10.0 Å². The molecule has 0 saturated heterocycles. The van der Waals surface area contributed by atoms with E-state index in [0.29, 0.717) is 11.4 Å². The standard InChI is InChI=1S/C25H27N3O2S/c1-17-9-11-21(12-10-17)25-27-22-7-5-6-8-23(22)28(25)14-13-26-31(29,30)24-19(3)15-18(2)16-20(24)4/h5-12,15-16,26H,13-14H2,1-4H3. The fourth-order valence-electron chi connectivity index (χ4n) is 4.18. The minimum Gasteiger partial charge on any atom is -0.323 e. The molecule has 0 fully saturated rings. The number of sulfonamides is 1. The zero-order valence-corrected chi connectivity index (χ0v) is 19.1. The maximum Gasteiger partial charge on any atom is 0.241 e. The average Bonchev–Trinajstić information content (AvgIpc) is 3.06. The van der Waals surface area contributed by atoms with Gasteiger partial charge in [0.05, 0.1) is 15.9 Å². The monoisotopic (exact) mass is 433 g/mol. The second kappa shape index (κ2) is 8.29. The molecule has 0 unspecified atom stereocenters. The van der Waals surface area contributed by atoms with E-state index in [4.69, 9.17) is 4.98 Å². The Labute approximate surface area is 183 Å². The number of nitrogens with zero attached hydrogens (tertiary/aromatic N) is 2. The second-order valence-electron chi connectivity index (χ2n) is 8.07. The molecule has 31 heavy (non-hydrogen) atoms. The number of imidazole rings is 1. The summed E-state index contributed by atoms with van der Waals surface area (Å²) in [6, 6.07) is 20.0. The van der Waals surface area contributed by atoms with Gasteiger partial charge in [0.1, 0.15) is 5.82 Å². The number of aryl methyl sites for hydroxylation is 4. The first-order chi connectivity index (χ1) is 14.8. The molecule has 160 valence electrons. The molecule has 0 bridgehead atoms. The largest absolute Gasteiger partial charge is 0.323 e. The van der Waals surface area contributed by atoms with Crippen molar-refractivity contribution >= 4 is 21.1 Å². The van der Waals surface area contributed by atoms with Crippen LogP contribution in [0.15, 0.2) is 65.6 Å². The van der Waals surface area contributed by atoms with E-state index in [1.54, 1.807) is 0 Å². The van der Waals surface area contributed by atoms with E-state index in [1.165, 1.54) is 5.56 Å². The Kier molecular flexibility index (Phi) is 5.69. The molecule has 3 aromatic carbocycles. The smallest absolute Gasteiger partial charge is 0.241 e. The van der Waals surface area contributed by atoms with Crippen LogP contribution in [-0.4, -0.2) is 24.5 Å². The molecule has 1 aromatic heterocycles. The highest BCUT2D eigenvalue weighted by Gasteiger charge is 2.20. The Morgan fingerprint density at radius 2 is 1.52 bits per heavy atom. The van der Waals surface area contributed by atoms with Gasteiger partial charge in [-0.15, -0.1) is 0 Å². The van der Waals surface area contributed by atoms with E-state index < -0.39 is 10.0 Å². The Balaban J connectivity index is 1.64. The highest BCUT2D eigenvalue weighted by Crippen LogP contribution is 2.25. The predicted molar refractivity (Wildman–Crippen MR) is 126 cm³/mol. The summed E-state index contributed by atoms with van der Waals surface area (Å²) in [6.45, 7) is 8.46. The van der Waals surface area contributed by atoms with Gasteiger partial charge in [-0.2, -0.15) is 0 Å². The van der Waals surface area contributed by atoms with Gasteiger partial charge in [-0.05, 0) is 51.0 Å². The molecule has 0 aliphatic heterocycles. The predicted octanol–water partition coefficient (Wildman–Crippen LogP) is 4.92. The number of rotatable bonds is 6. The van der Waals surface area contributed by atoms with Crippen molar-refractivity contribution in [2.24, 2.45) is 0 Å². The van der Waals surface area contributed by atoms with Crippen molar-refractivity contribution in [3.05, 3.63) is 82.9 Å². The van der Waals surface area contributed by atoms with Crippen LogP contribution >= 0.6 is 0 Å².